The average molecular weight is 303 g/mol. The highest BCUT2D eigenvalue weighted by Gasteiger charge is 2.32. The van der Waals surface area contributed by atoms with Crippen LogP contribution in [0.1, 0.15) is 27.4 Å². The van der Waals surface area contributed by atoms with Crippen LogP contribution in [0, 0.1) is 6.92 Å². The van der Waals surface area contributed by atoms with Crippen LogP contribution in [0.15, 0.2) is 48.5 Å². The van der Waals surface area contributed by atoms with Crippen LogP contribution < -0.4 is 0 Å². The molecule has 0 spiro atoms. The van der Waals surface area contributed by atoms with Crippen LogP contribution in [0.3, 0.4) is 0 Å². The molecule has 3 nitrogen and oxygen atoms in total. The van der Waals surface area contributed by atoms with Gasteiger partial charge in [0.25, 0.3) is 0 Å². The van der Waals surface area contributed by atoms with Crippen LogP contribution in [-0.4, -0.2) is 18.9 Å². The van der Waals surface area contributed by atoms with Gasteiger partial charge in [0.2, 0.25) is 0 Å². The smallest absolute Gasteiger partial charge is 0.321 e. The minimum Gasteiger partial charge on any atom is -0.468 e. The van der Waals surface area contributed by atoms with E-state index in [0.29, 0.717) is 16.1 Å². The highest BCUT2D eigenvalue weighted by molar-refractivity contribution is 6.35. The molecular formula is C17H15ClO3. The van der Waals surface area contributed by atoms with E-state index in [1.807, 2.05) is 6.07 Å². The van der Waals surface area contributed by atoms with Crippen molar-refractivity contribution in [2.75, 3.05) is 7.11 Å². The molecule has 1 unspecified atom stereocenters. The largest absolute Gasteiger partial charge is 0.468 e. The van der Waals surface area contributed by atoms with Crippen LogP contribution in [0.5, 0.6) is 0 Å². The van der Waals surface area contributed by atoms with Gasteiger partial charge in [0, 0.05) is 5.56 Å². The summed E-state index contributed by atoms with van der Waals surface area (Å²) >= 11 is 6.13. The summed E-state index contributed by atoms with van der Waals surface area (Å²) in [5, 5.41) is 0.338. The van der Waals surface area contributed by atoms with E-state index in [9.17, 15) is 9.59 Å². The Balaban J connectivity index is 2.52. The lowest BCUT2D eigenvalue weighted by Crippen LogP contribution is -2.24. The summed E-state index contributed by atoms with van der Waals surface area (Å²) in [7, 11) is 1.27. The third-order valence-electron chi connectivity index (χ3n) is 3.30. The van der Waals surface area contributed by atoms with Gasteiger partial charge in [-0.3, -0.25) is 9.59 Å². The fourth-order valence-corrected chi connectivity index (χ4v) is 2.56. The first-order chi connectivity index (χ1) is 10.1. The molecule has 0 fully saturated rings. The van der Waals surface area contributed by atoms with Gasteiger partial charge in [0.15, 0.2) is 5.78 Å². The van der Waals surface area contributed by atoms with Gasteiger partial charge in [-0.2, -0.15) is 0 Å². The molecule has 0 saturated heterocycles. The number of aryl methyl sites for hydroxylation is 1. The van der Waals surface area contributed by atoms with Crippen molar-refractivity contribution in [2.45, 2.75) is 12.8 Å². The Labute approximate surface area is 128 Å². The maximum atomic E-state index is 12.8. The zero-order chi connectivity index (χ0) is 15.4. The molecule has 4 heteroatoms. The van der Waals surface area contributed by atoms with Gasteiger partial charge in [-0.25, -0.2) is 0 Å². The Hall–Kier alpha value is -2.13. The van der Waals surface area contributed by atoms with E-state index in [1.54, 1.807) is 49.4 Å². The van der Waals surface area contributed by atoms with Crippen LogP contribution in [0.4, 0.5) is 0 Å². The molecule has 2 rings (SSSR count). The Morgan fingerprint density at radius 1 is 1.05 bits per heavy atom. The van der Waals surface area contributed by atoms with Gasteiger partial charge >= 0.3 is 5.97 Å². The summed E-state index contributed by atoms with van der Waals surface area (Å²) in [4.78, 5) is 24.9. The number of Topliss-reactive ketones (excluding diaryl/α,β-unsaturated/α-hetero) is 1. The number of carbonyl (C=O) groups excluding carboxylic acids is 2. The molecule has 0 radical (unpaired) electrons. The van der Waals surface area contributed by atoms with E-state index >= 15 is 0 Å². The zero-order valence-electron chi connectivity index (χ0n) is 11.8. The number of ether oxygens (including phenoxy) is 1. The fraction of sp³-hybridized carbons (Fsp3) is 0.176. The Kier molecular flexibility index (Phi) is 4.76. The van der Waals surface area contributed by atoms with Gasteiger partial charge in [-0.15, -0.1) is 0 Å². The molecule has 0 aliphatic heterocycles. The van der Waals surface area contributed by atoms with Gasteiger partial charge in [0.05, 0.1) is 12.1 Å². The summed E-state index contributed by atoms with van der Waals surface area (Å²) in [5.41, 5.74) is 1.68. The monoisotopic (exact) mass is 302 g/mol. The molecule has 2 aromatic rings. The lowest BCUT2D eigenvalue weighted by Gasteiger charge is -2.16. The molecule has 1 atom stereocenters. The predicted octanol–water partition coefficient (Wildman–Crippen LogP) is 3.79. The normalized spacial score (nSPS) is 11.8. The predicted molar refractivity (Wildman–Crippen MR) is 81.7 cm³/mol. The standard InChI is InChI=1S/C17H15ClO3/c1-11-7-6-10-13(18)14(11)16(19)15(17(20)21-2)12-8-4-3-5-9-12/h3-10,15H,1-2H3. The molecule has 0 aromatic heterocycles. The topological polar surface area (TPSA) is 43.4 Å². The summed E-state index contributed by atoms with van der Waals surface area (Å²) in [6.45, 7) is 1.79. The van der Waals surface area contributed by atoms with E-state index in [1.165, 1.54) is 7.11 Å². The highest BCUT2D eigenvalue weighted by Crippen LogP contribution is 2.28. The number of hydrogen-bond donors (Lipinski definition) is 0. The van der Waals surface area contributed by atoms with Crippen molar-refractivity contribution >= 4 is 23.4 Å². The van der Waals surface area contributed by atoms with E-state index in [4.69, 9.17) is 16.3 Å². The molecule has 0 aliphatic carbocycles. The van der Waals surface area contributed by atoms with Crippen LogP contribution in [0.2, 0.25) is 5.02 Å². The quantitative estimate of drug-likeness (QED) is 0.490. The summed E-state index contributed by atoms with van der Waals surface area (Å²) in [5.74, 6) is -1.95. The van der Waals surface area contributed by atoms with Crippen molar-refractivity contribution in [1.82, 2.24) is 0 Å². The first kappa shape index (κ1) is 15.3. The van der Waals surface area contributed by atoms with E-state index in [-0.39, 0.29) is 5.78 Å². The van der Waals surface area contributed by atoms with E-state index in [2.05, 4.69) is 0 Å². The van der Waals surface area contributed by atoms with E-state index in [0.717, 1.165) is 5.56 Å². The Morgan fingerprint density at radius 2 is 1.71 bits per heavy atom. The lowest BCUT2D eigenvalue weighted by atomic mass is 9.89. The summed E-state index contributed by atoms with van der Waals surface area (Å²) < 4.78 is 4.79. The van der Waals surface area contributed by atoms with Gasteiger partial charge in [-0.1, -0.05) is 54.1 Å². The fourth-order valence-electron chi connectivity index (χ4n) is 2.25. The average Bonchev–Trinajstić information content (AvgIpc) is 2.48. The molecule has 0 bridgehead atoms. The molecule has 0 amide bonds. The SMILES string of the molecule is COC(=O)C(C(=O)c1c(C)cccc1Cl)c1ccccc1. The minimum absolute atomic E-state index is 0.338. The number of methoxy groups -OCH3 is 1. The number of hydrogen-bond acceptors (Lipinski definition) is 3. The molecule has 2 aromatic carbocycles. The van der Waals surface area contributed by atoms with Crippen LogP contribution in [-0.2, 0) is 9.53 Å². The third kappa shape index (κ3) is 3.14. The Morgan fingerprint density at radius 3 is 2.29 bits per heavy atom. The van der Waals surface area contributed by atoms with Gasteiger partial charge in [-0.05, 0) is 24.1 Å². The molecule has 0 aliphatic rings. The molecule has 0 heterocycles. The molecule has 108 valence electrons. The first-order valence-electron chi connectivity index (χ1n) is 6.48. The first-order valence-corrected chi connectivity index (χ1v) is 6.86. The number of ketones is 1. The Bertz CT molecular complexity index is 645. The second-order valence-corrected chi connectivity index (χ2v) is 5.07. The van der Waals surface area contributed by atoms with Crippen LogP contribution >= 0.6 is 11.6 Å². The zero-order valence-corrected chi connectivity index (χ0v) is 12.6. The van der Waals surface area contributed by atoms with Crippen LogP contribution in [0.25, 0.3) is 0 Å². The van der Waals surface area contributed by atoms with Crippen molar-refractivity contribution in [1.29, 1.82) is 0 Å². The summed E-state index contributed by atoms with van der Waals surface area (Å²) in [6, 6.07) is 14.0. The van der Waals surface area contributed by atoms with Crippen molar-refractivity contribution in [3.63, 3.8) is 0 Å². The molecular weight excluding hydrogens is 288 g/mol. The number of rotatable bonds is 4. The van der Waals surface area contributed by atoms with Gasteiger partial charge < -0.3 is 4.74 Å². The summed E-state index contributed by atoms with van der Waals surface area (Å²) in [6.07, 6.45) is 0. The number of esters is 1. The number of carbonyl (C=O) groups is 2. The van der Waals surface area contributed by atoms with Crippen molar-refractivity contribution in [3.8, 4) is 0 Å². The molecule has 21 heavy (non-hydrogen) atoms. The van der Waals surface area contributed by atoms with Crippen molar-refractivity contribution in [2.24, 2.45) is 0 Å². The van der Waals surface area contributed by atoms with Crippen molar-refractivity contribution < 1.29 is 14.3 Å². The number of benzene rings is 2. The maximum Gasteiger partial charge on any atom is 0.321 e. The highest BCUT2D eigenvalue weighted by atomic mass is 35.5. The molecule has 0 N–H and O–H groups in total. The molecule has 0 saturated carbocycles. The third-order valence-corrected chi connectivity index (χ3v) is 3.62. The van der Waals surface area contributed by atoms with Gasteiger partial charge in [0.1, 0.15) is 5.92 Å². The second-order valence-electron chi connectivity index (χ2n) is 4.66. The second kappa shape index (κ2) is 6.55. The van der Waals surface area contributed by atoms with E-state index < -0.39 is 11.9 Å². The maximum absolute atomic E-state index is 12.8. The minimum atomic E-state index is -1.00. The number of halogens is 1. The van der Waals surface area contributed by atoms with Crippen molar-refractivity contribution in [3.05, 3.63) is 70.2 Å². The lowest BCUT2D eigenvalue weighted by molar-refractivity contribution is -0.141.